The normalized spacial score (nSPS) is 15.7. The third kappa shape index (κ3) is 5.04. The highest BCUT2D eigenvalue weighted by atomic mass is 19.4. The van der Waals surface area contributed by atoms with Crippen molar-refractivity contribution < 1.29 is 27.1 Å². The second-order valence-corrected chi connectivity index (χ2v) is 7.49. The number of carbonyl (C=O) groups excluding carboxylic acids is 1. The van der Waals surface area contributed by atoms with E-state index in [4.69, 9.17) is 0 Å². The number of amides is 1. The number of nitrogens with zero attached hydrogens (tertiary/aromatic N) is 2. The number of aryl methyl sites for hydroxylation is 1. The smallest absolute Gasteiger partial charge is 0.422 e. The third-order valence-electron chi connectivity index (χ3n) is 5.25. The molecule has 1 unspecified atom stereocenters. The van der Waals surface area contributed by atoms with Crippen LogP contribution in [0.5, 0.6) is 5.88 Å². The average Bonchev–Trinajstić information content (AvgIpc) is 2.77. The van der Waals surface area contributed by atoms with E-state index in [1.165, 1.54) is 24.5 Å². The largest absolute Gasteiger partial charge is 0.468 e. The van der Waals surface area contributed by atoms with E-state index in [0.717, 1.165) is 23.1 Å². The summed E-state index contributed by atoms with van der Waals surface area (Å²) >= 11 is 0. The number of hydrogen-bond acceptors (Lipinski definition) is 4. The number of fused-ring (bicyclic) bond motifs is 1. The maximum Gasteiger partial charge on any atom is 0.422 e. The van der Waals surface area contributed by atoms with Crippen LogP contribution in [0.1, 0.15) is 27.9 Å². The van der Waals surface area contributed by atoms with Crippen LogP contribution in [0.25, 0.3) is 11.1 Å². The zero-order chi connectivity index (χ0) is 22.7. The first-order valence-electron chi connectivity index (χ1n) is 9.98. The molecule has 0 spiro atoms. The Morgan fingerprint density at radius 2 is 1.91 bits per heavy atom. The zero-order valence-corrected chi connectivity index (χ0v) is 16.8. The van der Waals surface area contributed by atoms with Crippen molar-refractivity contribution in [2.24, 2.45) is 0 Å². The Labute approximate surface area is 181 Å². The molecule has 1 aliphatic rings. The van der Waals surface area contributed by atoms with E-state index >= 15 is 0 Å². The third-order valence-corrected chi connectivity index (χ3v) is 5.25. The minimum Gasteiger partial charge on any atom is -0.468 e. The van der Waals surface area contributed by atoms with E-state index in [2.05, 4.69) is 20.0 Å². The van der Waals surface area contributed by atoms with Gasteiger partial charge in [-0.2, -0.15) is 17.6 Å². The van der Waals surface area contributed by atoms with Crippen molar-refractivity contribution in [2.75, 3.05) is 6.61 Å². The minimum absolute atomic E-state index is 0.183. The van der Waals surface area contributed by atoms with Gasteiger partial charge in [0.1, 0.15) is 0 Å². The predicted molar refractivity (Wildman–Crippen MR) is 109 cm³/mol. The van der Waals surface area contributed by atoms with Crippen molar-refractivity contribution in [3.63, 3.8) is 0 Å². The number of rotatable bonds is 5. The lowest BCUT2D eigenvalue weighted by atomic mass is 9.83. The highest BCUT2D eigenvalue weighted by molar-refractivity contribution is 5.94. The Bertz CT molecular complexity index is 1120. The lowest BCUT2D eigenvalue weighted by Gasteiger charge is -2.27. The second-order valence-electron chi connectivity index (χ2n) is 7.49. The van der Waals surface area contributed by atoms with E-state index in [1.54, 1.807) is 12.1 Å². The van der Waals surface area contributed by atoms with E-state index < -0.39 is 24.6 Å². The van der Waals surface area contributed by atoms with Crippen LogP contribution in [-0.2, 0) is 12.8 Å². The van der Waals surface area contributed by atoms with Crippen LogP contribution in [0, 0.1) is 5.95 Å². The van der Waals surface area contributed by atoms with Gasteiger partial charge >= 0.3 is 6.18 Å². The predicted octanol–water partition coefficient (Wildman–Crippen LogP) is 4.51. The number of alkyl halides is 3. The topological polar surface area (TPSA) is 64.1 Å². The van der Waals surface area contributed by atoms with Gasteiger partial charge in [0.05, 0.1) is 5.56 Å². The van der Waals surface area contributed by atoms with Crippen LogP contribution in [-0.4, -0.2) is 34.7 Å². The Kier molecular flexibility index (Phi) is 6.07. The summed E-state index contributed by atoms with van der Waals surface area (Å²) in [4.78, 5) is 20.1. The molecule has 0 aliphatic heterocycles. The van der Waals surface area contributed by atoms with Crippen LogP contribution in [0.15, 0.2) is 54.9 Å². The molecule has 1 amide bonds. The molecule has 0 radical (unpaired) electrons. The maximum atomic E-state index is 14.3. The van der Waals surface area contributed by atoms with Gasteiger partial charge in [0.25, 0.3) is 5.91 Å². The van der Waals surface area contributed by atoms with Crippen molar-refractivity contribution in [3.8, 4) is 17.0 Å². The summed E-state index contributed by atoms with van der Waals surface area (Å²) in [6, 6.07) is 11.5. The van der Waals surface area contributed by atoms with Gasteiger partial charge in [0, 0.05) is 30.1 Å². The van der Waals surface area contributed by atoms with E-state index in [9.17, 15) is 22.4 Å². The highest BCUT2D eigenvalue weighted by Crippen LogP contribution is 2.32. The van der Waals surface area contributed by atoms with Gasteiger partial charge in [-0.1, -0.05) is 18.2 Å². The van der Waals surface area contributed by atoms with Crippen LogP contribution < -0.4 is 10.1 Å². The van der Waals surface area contributed by atoms with Gasteiger partial charge < -0.3 is 10.1 Å². The van der Waals surface area contributed by atoms with Gasteiger partial charge in [0.15, 0.2) is 6.61 Å². The number of carbonyl (C=O) groups is 1. The molecule has 1 aliphatic carbocycles. The Morgan fingerprint density at radius 1 is 1.09 bits per heavy atom. The average molecular weight is 445 g/mol. The molecule has 0 fully saturated rings. The van der Waals surface area contributed by atoms with Gasteiger partial charge in [-0.3, -0.25) is 4.79 Å². The van der Waals surface area contributed by atoms with Gasteiger partial charge in [-0.15, -0.1) is 0 Å². The van der Waals surface area contributed by atoms with Crippen LogP contribution in [0.4, 0.5) is 17.6 Å². The summed E-state index contributed by atoms with van der Waals surface area (Å²) in [7, 11) is 0. The molecule has 3 aromatic rings. The van der Waals surface area contributed by atoms with E-state index in [-0.39, 0.29) is 17.5 Å². The Hall–Kier alpha value is -3.49. The molecule has 0 saturated carbocycles. The number of ether oxygens (including phenoxy) is 1. The van der Waals surface area contributed by atoms with Crippen molar-refractivity contribution in [1.82, 2.24) is 15.3 Å². The molecule has 9 heteroatoms. The lowest BCUT2D eigenvalue weighted by Crippen LogP contribution is -2.39. The molecule has 2 aromatic heterocycles. The molecular formula is C23H19F4N3O2. The first kappa shape index (κ1) is 21.7. The zero-order valence-electron chi connectivity index (χ0n) is 16.8. The molecule has 1 atom stereocenters. The van der Waals surface area contributed by atoms with Gasteiger partial charge in [-0.05, 0) is 54.2 Å². The Balaban J connectivity index is 1.45. The molecule has 4 rings (SSSR count). The molecule has 32 heavy (non-hydrogen) atoms. The van der Waals surface area contributed by atoms with Gasteiger partial charge in [0.2, 0.25) is 11.8 Å². The molecule has 166 valence electrons. The highest BCUT2D eigenvalue weighted by Gasteiger charge is 2.29. The van der Waals surface area contributed by atoms with Crippen molar-refractivity contribution in [1.29, 1.82) is 0 Å². The fourth-order valence-electron chi connectivity index (χ4n) is 3.78. The molecule has 1 N–H and O–H groups in total. The van der Waals surface area contributed by atoms with E-state index in [0.29, 0.717) is 18.4 Å². The van der Waals surface area contributed by atoms with Crippen LogP contribution in [0.2, 0.25) is 0 Å². The standard InChI is InChI=1S/C23H19F4N3O2/c24-21-18(5-2-10-28-21)17-4-1-3-14-6-8-16(11-19(14)17)30-22(31)15-7-9-20(29-12-15)32-13-23(25,26)27/h1-5,7,9-10,12,16H,6,8,11,13H2,(H,30,31). The quantitative estimate of drug-likeness (QED) is 0.464. The van der Waals surface area contributed by atoms with Crippen LogP contribution in [0.3, 0.4) is 0 Å². The summed E-state index contributed by atoms with van der Waals surface area (Å²) in [5.74, 6) is -1.15. The number of aromatic nitrogens is 2. The fraction of sp³-hybridized carbons (Fsp3) is 0.261. The van der Waals surface area contributed by atoms with Crippen molar-refractivity contribution in [2.45, 2.75) is 31.5 Å². The number of hydrogen-bond donors (Lipinski definition) is 1. The molecule has 0 saturated heterocycles. The lowest BCUT2D eigenvalue weighted by molar-refractivity contribution is -0.154. The summed E-state index contributed by atoms with van der Waals surface area (Å²) in [5.41, 5.74) is 3.44. The minimum atomic E-state index is -4.47. The van der Waals surface area contributed by atoms with E-state index in [1.807, 2.05) is 18.2 Å². The molecule has 5 nitrogen and oxygen atoms in total. The summed E-state index contributed by atoms with van der Waals surface area (Å²) < 4.78 is 55.5. The summed E-state index contributed by atoms with van der Waals surface area (Å²) in [5, 5.41) is 2.94. The molecule has 2 heterocycles. The van der Waals surface area contributed by atoms with Crippen LogP contribution >= 0.6 is 0 Å². The number of nitrogens with one attached hydrogen (secondary N) is 1. The molecular weight excluding hydrogens is 426 g/mol. The molecule has 1 aromatic carbocycles. The monoisotopic (exact) mass is 445 g/mol. The first-order chi connectivity index (χ1) is 15.3. The molecule has 0 bridgehead atoms. The number of pyridine rings is 2. The fourth-order valence-corrected chi connectivity index (χ4v) is 3.78. The summed E-state index contributed by atoms with van der Waals surface area (Å²) in [6.45, 7) is -1.45. The maximum absolute atomic E-state index is 14.3. The van der Waals surface area contributed by atoms with Gasteiger partial charge in [-0.25, -0.2) is 9.97 Å². The Morgan fingerprint density at radius 3 is 2.62 bits per heavy atom. The van der Waals surface area contributed by atoms with Crippen molar-refractivity contribution >= 4 is 5.91 Å². The summed E-state index contributed by atoms with van der Waals surface area (Å²) in [6.07, 6.45) is 0.0493. The number of halogens is 4. The second kappa shape index (κ2) is 8.94. The number of benzene rings is 1. The van der Waals surface area contributed by atoms with Crippen molar-refractivity contribution in [3.05, 3.63) is 77.5 Å². The SMILES string of the molecule is O=C(NC1CCc2cccc(-c3cccnc3F)c2C1)c1ccc(OCC(F)(F)F)nc1. The first-order valence-corrected chi connectivity index (χ1v) is 9.98.